The molecule has 1 aromatic rings. The molecule has 0 bridgehead atoms. The number of hydrogen-bond acceptors (Lipinski definition) is 9. The van der Waals surface area contributed by atoms with Crippen molar-refractivity contribution >= 4 is 38.0 Å². The van der Waals surface area contributed by atoms with Crippen LogP contribution in [0.2, 0.25) is 0 Å². The van der Waals surface area contributed by atoms with E-state index in [0.717, 1.165) is 23.3 Å². The molecule has 0 radical (unpaired) electrons. The van der Waals surface area contributed by atoms with Crippen molar-refractivity contribution in [3.05, 3.63) is 24.3 Å². The van der Waals surface area contributed by atoms with Gasteiger partial charge in [0, 0.05) is 25.3 Å². The van der Waals surface area contributed by atoms with Crippen LogP contribution in [0.25, 0.3) is 0 Å². The van der Waals surface area contributed by atoms with Gasteiger partial charge in [-0.15, -0.1) is 0 Å². The minimum atomic E-state index is -5.01. The smallest absolute Gasteiger partial charge is 0.441 e. The highest BCUT2D eigenvalue weighted by molar-refractivity contribution is 7.93. The monoisotopic (exact) mass is 505 g/mol. The Morgan fingerprint density at radius 3 is 2.00 bits per heavy atom. The van der Waals surface area contributed by atoms with Gasteiger partial charge in [0.1, 0.15) is 10.5 Å². The van der Waals surface area contributed by atoms with Crippen LogP contribution in [0.15, 0.2) is 34.1 Å². The van der Waals surface area contributed by atoms with E-state index in [4.69, 9.17) is 15.3 Å². The number of sulfonamides is 1. The molecule has 1 aliphatic heterocycles. The molecule has 0 atom stereocenters. The maximum atomic E-state index is 13.3. The number of primary amides is 1. The first-order valence-electron chi connectivity index (χ1n) is 9.87. The molecule has 2 rings (SSSR count). The van der Waals surface area contributed by atoms with Crippen molar-refractivity contribution in [3.63, 3.8) is 0 Å². The summed E-state index contributed by atoms with van der Waals surface area (Å²) in [6.07, 6.45) is -1.45. The van der Waals surface area contributed by atoms with E-state index in [9.17, 15) is 31.2 Å². The highest BCUT2D eigenvalue weighted by Gasteiger charge is 2.41. The van der Waals surface area contributed by atoms with Crippen LogP contribution in [0.5, 0.6) is 0 Å². The van der Waals surface area contributed by atoms with Crippen LogP contribution in [0, 0.1) is 5.92 Å². The lowest BCUT2D eigenvalue weighted by molar-refractivity contribution is -0.123. The molecule has 14 heteroatoms. The van der Waals surface area contributed by atoms with Gasteiger partial charge in [0.25, 0.3) is 0 Å². The van der Waals surface area contributed by atoms with E-state index in [1.54, 1.807) is 0 Å². The zero-order valence-electron chi connectivity index (χ0n) is 18.7. The fraction of sp³-hybridized carbons (Fsp3) is 0.526. The number of hydroxylamine groups is 1. The first-order valence-corrected chi connectivity index (χ1v) is 13.2. The number of ether oxygens (including phenoxy) is 1. The second kappa shape index (κ2) is 9.55. The third-order valence-corrected chi connectivity index (χ3v) is 7.46. The average Bonchev–Trinajstić information content (AvgIpc) is 2.69. The summed E-state index contributed by atoms with van der Waals surface area (Å²) < 4.78 is 55.6. The van der Waals surface area contributed by atoms with Gasteiger partial charge in [-0.3, -0.25) is 9.63 Å². The van der Waals surface area contributed by atoms with Crippen LogP contribution in [0.3, 0.4) is 0 Å². The molecule has 1 saturated heterocycles. The topological polar surface area (TPSA) is 170 Å². The molecule has 3 amide bonds. The largest absolute Gasteiger partial charge is 0.459 e. The molecule has 0 saturated carbocycles. The Labute approximate surface area is 192 Å². The molecule has 2 N–H and O–H groups in total. The van der Waals surface area contributed by atoms with E-state index in [1.165, 1.54) is 32.9 Å². The van der Waals surface area contributed by atoms with Crippen LogP contribution in [-0.2, 0) is 34.2 Å². The summed E-state index contributed by atoms with van der Waals surface area (Å²) in [5.74, 6) is -0.959. The highest BCUT2D eigenvalue weighted by Crippen LogP contribution is 2.27. The molecular formula is C19H27N3O9S2. The first-order chi connectivity index (χ1) is 15.0. The van der Waals surface area contributed by atoms with Crippen LogP contribution in [-0.4, -0.2) is 69.2 Å². The molecule has 0 spiro atoms. The lowest BCUT2D eigenvalue weighted by Gasteiger charge is -2.31. The fourth-order valence-electron chi connectivity index (χ4n) is 3.02. The van der Waals surface area contributed by atoms with Crippen molar-refractivity contribution in [1.29, 1.82) is 0 Å². The van der Waals surface area contributed by atoms with Crippen LogP contribution in [0.4, 0.5) is 9.59 Å². The molecule has 1 heterocycles. The minimum Gasteiger partial charge on any atom is -0.441 e. The van der Waals surface area contributed by atoms with Gasteiger partial charge in [-0.05, 0) is 50.2 Å². The number of carbonyl (C=O) groups excluding carboxylic acids is 3. The number of carbonyl (C=O) groups is 3. The average molecular weight is 506 g/mol. The molecule has 12 nitrogen and oxygen atoms in total. The SMILES string of the molecule is CC(C)(C)OC(=O)N(OC(=O)N1CCC(C(N)=O)CC1)S(=O)(=O)c1ccccc1S(C)(=O)=O. The lowest BCUT2D eigenvalue weighted by Crippen LogP contribution is -2.47. The fourth-order valence-corrected chi connectivity index (χ4v) is 5.69. The molecule has 184 valence electrons. The summed E-state index contributed by atoms with van der Waals surface area (Å²) in [5, 5.41) is 0. The summed E-state index contributed by atoms with van der Waals surface area (Å²) in [6, 6.07) is 4.58. The molecule has 0 aliphatic carbocycles. The van der Waals surface area contributed by atoms with E-state index in [0.29, 0.717) is 0 Å². The normalized spacial score (nSPS) is 15.6. The Bertz CT molecular complexity index is 1130. The lowest BCUT2D eigenvalue weighted by atomic mass is 9.97. The minimum absolute atomic E-state index is 0.0363. The Balaban J connectivity index is 2.43. The highest BCUT2D eigenvalue weighted by atomic mass is 32.2. The number of piperidine rings is 1. The third kappa shape index (κ3) is 6.57. The summed E-state index contributed by atoms with van der Waals surface area (Å²) in [5.41, 5.74) is 4.11. The summed E-state index contributed by atoms with van der Waals surface area (Å²) in [6.45, 7) is 4.48. The zero-order valence-corrected chi connectivity index (χ0v) is 20.3. The van der Waals surface area contributed by atoms with E-state index < -0.39 is 59.3 Å². The number of nitrogens with zero attached hydrogens (tertiary/aromatic N) is 2. The number of likely N-dealkylation sites (tertiary alicyclic amines) is 1. The summed E-state index contributed by atoms with van der Waals surface area (Å²) in [4.78, 5) is 41.4. The Morgan fingerprint density at radius 2 is 1.55 bits per heavy atom. The van der Waals surface area contributed by atoms with Crippen molar-refractivity contribution in [3.8, 4) is 0 Å². The molecule has 1 aromatic carbocycles. The van der Waals surface area contributed by atoms with Gasteiger partial charge in [0.15, 0.2) is 9.84 Å². The van der Waals surface area contributed by atoms with Gasteiger partial charge in [-0.2, -0.15) is 8.42 Å². The van der Waals surface area contributed by atoms with Crippen LogP contribution in [0.1, 0.15) is 33.6 Å². The molecule has 0 unspecified atom stereocenters. The van der Waals surface area contributed by atoms with E-state index in [2.05, 4.69) is 0 Å². The Kier molecular flexibility index (Phi) is 7.63. The van der Waals surface area contributed by atoms with Gasteiger partial charge >= 0.3 is 22.2 Å². The van der Waals surface area contributed by atoms with Gasteiger partial charge < -0.3 is 15.4 Å². The van der Waals surface area contributed by atoms with Crippen LogP contribution >= 0.6 is 0 Å². The zero-order chi connectivity index (χ0) is 25.2. The van der Waals surface area contributed by atoms with Gasteiger partial charge in [0.2, 0.25) is 5.91 Å². The van der Waals surface area contributed by atoms with Crippen molar-refractivity contribution in [2.45, 2.75) is 49.0 Å². The second-order valence-electron chi connectivity index (χ2n) is 8.45. The van der Waals surface area contributed by atoms with Crippen molar-refractivity contribution in [1.82, 2.24) is 9.37 Å². The number of sulfone groups is 1. The number of amides is 3. The Morgan fingerprint density at radius 1 is 1.03 bits per heavy atom. The maximum absolute atomic E-state index is 13.3. The van der Waals surface area contributed by atoms with Crippen molar-refractivity contribution in [2.24, 2.45) is 11.7 Å². The molecule has 33 heavy (non-hydrogen) atoms. The Hall–Kier alpha value is -2.87. The summed E-state index contributed by atoms with van der Waals surface area (Å²) in [7, 11) is -9.04. The quantitative estimate of drug-likeness (QED) is 0.592. The number of benzene rings is 1. The summed E-state index contributed by atoms with van der Waals surface area (Å²) >= 11 is 0. The number of nitrogens with two attached hydrogens (primary N) is 1. The van der Waals surface area contributed by atoms with Crippen molar-refractivity contribution in [2.75, 3.05) is 19.3 Å². The maximum Gasteiger partial charge on any atom is 0.459 e. The van der Waals surface area contributed by atoms with Gasteiger partial charge in [0.05, 0.1) is 4.90 Å². The third-order valence-electron chi connectivity index (χ3n) is 4.60. The van der Waals surface area contributed by atoms with E-state index in [1.807, 2.05) is 0 Å². The standard InChI is InChI=1S/C19H27N3O9S2/c1-19(2,3)30-18(25)22(31-17(24)21-11-9-13(10-12-21)16(20)23)33(28,29)15-8-6-5-7-14(15)32(4,26)27/h5-8,13H,9-12H2,1-4H3,(H2,20,23). The number of hydrogen-bond donors (Lipinski definition) is 1. The molecule has 1 aliphatic rings. The molecule has 1 fully saturated rings. The predicted octanol–water partition coefficient (Wildman–Crippen LogP) is 1.26. The molecular weight excluding hydrogens is 478 g/mol. The van der Waals surface area contributed by atoms with Gasteiger partial charge in [-0.25, -0.2) is 18.0 Å². The number of rotatable bonds is 4. The van der Waals surface area contributed by atoms with E-state index in [-0.39, 0.29) is 30.4 Å². The van der Waals surface area contributed by atoms with Crippen LogP contribution < -0.4 is 5.73 Å². The first kappa shape index (κ1) is 26.4. The second-order valence-corrected chi connectivity index (χ2v) is 12.2. The van der Waals surface area contributed by atoms with E-state index >= 15 is 0 Å². The van der Waals surface area contributed by atoms with Crippen molar-refractivity contribution < 1.29 is 40.8 Å². The predicted molar refractivity (Wildman–Crippen MR) is 115 cm³/mol. The molecule has 0 aromatic heterocycles. The van der Waals surface area contributed by atoms with Gasteiger partial charge in [-0.1, -0.05) is 12.1 Å².